The van der Waals surface area contributed by atoms with E-state index >= 15 is 0 Å². The number of benzene rings is 2. The molecule has 1 aliphatic rings. The van der Waals surface area contributed by atoms with Gasteiger partial charge in [0.2, 0.25) is 0 Å². The number of ether oxygens (including phenoxy) is 1. The van der Waals surface area contributed by atoms with Crippen LogP contribution in [0.2, 0.25) is 0 Å². The van der Waals surface area contributed by atoms with Crippen LogP contribution in [0, 0.1) is 0 Å². The highest BCUT2D eigenvalue weighted by Crippen LogP contribution is 2.39. The summed E-state index contributed by atoms with van der Waals surface area (Å²) in [5.41, 5.74) is 3.88. The van der Waals surface area contributed by atoms with Crippen molar-refractivity contribution in [3.8, 4) is 0 Å². The van der Waals surface area contributed by atoms with Gasteiger partial charge in [-0.1, -0.05) is 72.8 Å². The first-order chi connectivity index (χ1) is 11.3. The van der Waals surface area contributed by atoms with E-state index in [9.17, 15) is 4.79 Å². The number of rotatable bonds is 4. The molecule has 3 rings (SSSR count). The molecule has 0 saturated carbocycles. The second kappa shape index (κ2) is 7.10. The lowest BCUT2D eigenvalue weighted by Gasteiger charge is -2.27. The van der Waals surface area contributed by atoms with Crippen molar-refractivity contribution in [2.45, 2.75) is 18.3 Å². The number of esters is 1. The van der Waals surface area contributed by atoms with E-state index < -0.39 is 0 Å². The van der Waals surface area contributed by atoms with E-state index in [2.05, 4.69) is 48.6 Å². The first-order valence-electron chi connectivity index (χ1n) is 7.85. The highest BCUT2D eigenvalue weighted by Gasteiger charge is 2.24. The lowest BCUT2D eigenvalue weighted by Crippen LogP contribution is -2.13. The molecule has 1 aliphatic carbocycles. The average molecular weight is 304 g/mol. The lowest BCUT2D eigenvalue weighted by molar-refractivity contribution is -0.134. The summed E-state index contributed by atoms with van der Waals surface area (Å²) < 4.78 is 4.75. The van der Waals surface area contributed by atoms with E-state index in [1.54, 1.807) is 0 Å². The highest BCUT2D eigenvalue weighted by molar-refractivity contribution is 5.82. The molecule has 2 aromatic rings. The topological polar surface area (TPSA) is 26.3 Å². The van der Waals surface area contributed by atoms with Crippen molar-refractivity contribution in [3.05, 3.63) is 95.6 Å². The van der Waals surface area contributed by atoms with Crippen LogP contribution in [0.4, 0.5) is 0 Å². The predicted octanol–water partition coefficient (Wildman–Crippen LogP) is 4.40. The van der Waals surface area contributed by atoms with E-state index in [4.69, 9.17) is 4.74 Å². The normalized spacial score (nSPS) is 17.7. The van der Waals surface area contributed by atoms with Crippen LogP contribution in [-0.2, 0) is 16.0 Å². The van der Waals surface area contributed by atoms with Crippen molar-refractivity contribution in [3.63, 3.8) is 0 Å². The largest absolute Gasteiger partial charge is 0.466 e. The van der Waals surface area contributed by atoms with Gasteiger partial charge in [0.1, 0.15) is 0 Å². The number of fused-ring (bicyclic) bond motifs is 1. The minimum absolute atomic E-state index is 0.105. The minimum Gasteiger partial charge on any atom is -0.466 e. The van der Waals surface area contributed by atoms with Gasteiger partial charge in [-0.25, -0.2) is 4.79 Å². The Bertz CT molecular complexity index is 729. The van der Waals surface area contributed by atoms with Crippen LogP contribution in [0.25, 0.3) is 0 Å². The molecule has 116 valence electrons. The Labute approximate surface area is 137 Å². The molecule has 2 heteroatoms. The molecule has 0 unspecified atom stereocenters. The fraction of sp³-hybridized carbons (Fsp3) is 0.190. The van der Waals surface area contributed by atoms with E-state index in [0.717, 1.165) is 6.42 Å². The zero-order valence-electron chi connectivity index (χ0n) is 13.2. The first kappa shape index (κ1) is 15.3. The van der Waals surface area contributed by atoms with Gasteiger partial charge >= 0.3 is 5.97 Å². The third-order valence-corrected chi connectivity index (χ3v) is 4.31. The zero-order chi connectivity index (χ0) is 16.1. The molecule has 2 atom stereocenters. The second-order valence-electron chi connectivity index (χ2n) is 5.68. The molecule has 0 saturated heterocycles. The summed E-state index contributed by atoms with van der Waals surface area (Å²) in [7, 11) is 1.40. The second-order valence-corrected chi connectivity index (χ2v) is 5.68. The van der Waals surface area contributed by atoms with E-state index in [-0.39, 0.29) is 17.8 Å². The van der Waals surface area contributed by atoms with Crippen LogP contribution in [-0.4, -0.2) is 13.1 Å². The van der Waals surface area contributed by atoms with Crippen molar-refractivity contribution < 1.29 is 9.53 Å². The third kappa shape index (κ3) is 3.42. The summed E-state index contributed by atoms with van der Waals surface area (Å²) >= 11 is 0. The van der Waals surface area contributed by atoms with Crippen LogP contribution >= 0.6 is 0 Å². The summed E-state index contributed by atoms with van der Waals surface area (Å²) in [5, 5.41) is 0. The lowest BCUT2D eigenvalue weighted by atomic mass is 9.76. The number of carbonyl (C=O) groups excluding carboxylic acids is 1. The Kier molecular flexibility index (Phi) is 4.72. The Morgan fingerprint density at radius 3 is 2.65 bits per heavy atom. The fourth-order valence-corrected chi connectivity index (χ4v) is 3.17. The number of carbonyl (C=O) groups is 1. The van der Waals surface area contributed by atoms with Crippen molar-refractivity contribution in [2.24, 2.45) is 0 Å². The molecule has 23 heavy (non-hydrogen) atoms. The van der Waals surface area contributed by atoms with Crippen molar-refractivity contribution in [2.75, 3.05) is 7.11 Å². The van der Waals surface area contributed by atoms with Crippen molar-refractivity contribution in [1.82, 2.24) is 0 Å². The smallest absolute Gasteiger partial charge is 0.330 e. The van der Waals surface area contributed by atoms with Crippen LogP contribution in [0.15, 0.2) is 78.9 Å². The molecule has 0 radical (unpaired) electrons. The summed E-state index contributed by atoms with van der Waals surface area (Å²) in [4.78, 5) is 11.5. The number of hydrogen-bond donors (Lipinski definition) is 0. The van der Waals surface area contributed by atoms with Gasteiger partial charge in [-0.15, -0.1) is 0 Å². The highest BCUT2D eigenvalue weighted by atomic mass is 16.5. The van der Waals surface area contributed by atoms with E-state index in [1.807, 2.05) is 24.3 Å². The van der Waals surface area contributed by atoms with Crippen molar-refractivity contribution in [1.29, 1.82) is 0 Å². The molecule has 2 nitrogen and oxygen atoms in total. The average Bonchev–Trinajstić information content (AvgIpc) is 2.62. The summed E-state index contributed by atoms with van der Waals surface area (Å²) in [6, 6.07) is 18.8. The Hall–Kier alpha value is -2.61. The van der Waals surface area contributed by atoms with Gasteiger partial charge in [0, 0.05) is 17.9 Å². The summed E-state index contributed by atoms with van der Waals surface area (Å²) in [6.07, 6.45) is 8.92. The van der Waals surface area contributed by atoms with Gasteiger partial charge in [-0.3, -0.25) is 0 Å². The molecule has 0 N–H and O–H groups in total. The van der Waals surface area contributed by atoms with Gasteiger partial charge in [0.25, 0.3) is 0 Å². The monoisotopic (exact) mass is 304 g/mol. The van der Waals surface area contributed by atoms with Crippen LogP contribution in [0.5, 0.6) is 0 Å². The van der Waals surface area contributed by atoms with Gasteiger partial charge in [-0.2, -0.15) is 0 Å². The van der Waals surface area contributed by atoms with Crippen LogP contribution in [0.1, 0.15) is 28.5 Å². The molecular weight excluding hydrogens is 284 g/mol. The molecule has 0 aliphatic heterocycles. The number of allylic oxidation sites excluding steroid dienone is 3. The summed E-state index contributed by atoms with van der Waals surface area (Å²) in [6.45, 7) is 0. The molecule has 2 aromatic carbocycles. The maximum atomic E-state index is 11.5. The maximum absolute atomic E-state index is 11.5. The van der Waals surface area contributed by atoms with Gasteiger partial charge in [-0.05, 0) is 23.1 Å². The van der Waals surface area contributed by atoms with Gasteiger partial charge in [0.15, 0.2) is 0 Å². The van der Waals surface area contributed by atoms with Crippen LogP contribution in [0.3, 0.4) is 0 Å². The Morgan fingerprint density at radius 2 is 1.87 bits per heavy atom. The quantitative estimate of drug-likeness (QED) is 0.475. The molecular formula is C21H20O2. The molecule has 0 spiro atoms. The number of methoxy groups -OCH3 is 1. The third-order valence-electron chi connectivity index (χ3n) is 4.31. The molecule has 0 aromatic heterocycles. The molecule has 0 heterocycles. The van der Waals surface area contributed by atoms with Crippen molar-refractivity contribution >= 4 is 5.97 Å². The van der Waals surface area contributed by atoms with Gasteiger partial charge in [0.05, 0.1) is 7.11 Å². The standard InChI is InChI=1S/C21H20O2/c1-23-21(22)15-14-19(16-8-3-2-4-9-16)20-13-7-11-17-10-5-6-12-18(17)20/h2-10,12-15,19-20H,11H2,1H3/b15-14+/t19-,20+/m0/s1. The van der Waals surface area contributed by atoms with E-state index in [0.29, 0.717) is 0 Å². The zero-order valence-corrected chi connectivity index (χ0v) is 13.2. The molecule has 0 bridgehead atoms. The Morgan fingerprint density at radius 1 is 1.13 bits per heavy atom. The SMILES string of the molecule is COC(=O)/C=C/[C@@H](c1ccccc1)[C@@H]1C=CCc2ccccc21. The minimum atomic E-state index is -0.320. The molecule has 0 fully saturated rings. The van der Waals surface area contributed by atoms with Crippen LogP contribution < -0.4 is 0 Å². The van der Waals surface area contributed by atoms with Gasteiger partial charge < -0.3 is 4.74 Å². The fourth-order valence-electron chi connectivity index (χ4n) is 3.17. The maximum Gasteiger partial charge on any atom is 0.330 e. The molecule has 0 amide bonds. The summed E-state index contributed by atoms with van der Waals surface area (Å²) in [5.74, 6) is 0.00950. The Balaban J connectivity index is 2.01. The predicted molar refractivity (Wildman–Crippen MR) is 92.4 cm³/mol. The first-order valence-corrected chi connectivity index (χ1v) is 7.85. The van der Waals surface area contributed by atoms with E-state index in [1.165, 1.54) is 29.9 Å². The number of hydrogen-bond acceptors (Lipinski definition) is 2.